The number of furan rings is 1. The first kappa shape index (κ1) is 18.5. The molecule has 2 amide bonds. The van der Waals surface area contributed by atoms with Crippen molar-refractivity contribution in [1.82, 2.24) is 15.5 Å². The van der Waals surface area contributed by atoms with Gasteiger partial charge in [-0.05, 0) is 31.2 Å². The van der Waals surface area contributed by atoms with E-state index in [2.05, 4.69) is 20.8 Å². The summed E-state index contributed by atoms with van der Waals surface area (Å²) in [7, 11) is 0. The number of benzene rings is 1. The molecule has 0 unspecified atom stereocenters. The standard InChI is InChI=1S/C19H22N4O4/c1-12(2)17-22-23-18(27-17)13(3)20-19(24)21-15-8-4-5-9-16(15)26-11-14-7-6-10-25-14/h4-10,12-13H,11H2,1-3H3,(H2,20,21,24)/t13-/m0/s1. The molecule has 142 valence electrons. The molecule has 0 radical (unpaired) electrons. The van der Waals surface area contributed by atoms with E-state index in [4.69, 9.17) is 13.6 Å². The van der Waals surface area contributed by atoms with Crippen LogP contribution in [0.15, 0.2) is 51.5 Å². The van der Waals surface area contributed by atoms with Crippen molar-refractivity contribution in [3.8, 4) is 5.75 Å². The topological polar surface area (TPSA) is 102 Å². The molecule has 0 aliphatic carbocycles. The summed E-state index contributed by atoms with van der Waals surface area (Å²) in [4.78, 5) is 12.3. The first-order chi connectivity index (χ1) is 13.0. The van der Waals surface area contributed by atoms with Crippen molar-refractivity contribution >= 4 is 11.7 Å². The second-order valence-electron chi connectivity index (χ2n) is 6.32. The van der Waals surface area contributed by atoms with Gasteiger partial charge in [0.1, 0.15) is 24.2 Å². The van der Waals surface area contributed by atoms with Gasteiger partial charge in [-0.15, -0.1) is 10.2 Å². The Balaban J connectivity index is 1.60. The van der Waals surface area contributed by atoms with Gasteiger partial charge in [-0.25, -0.2) is 4.79 Å². The molecule has 8 nitrogen and oxygen atoms in total. The molecular formula is C19H22N4O4. The van der Waals surface area contributed by atoms with Crippen LogP contribution in [-0.2, 0) is 6.61 Å². The number of hydrogen-bond donors (Lipinski definition) is 2. The maximum Gasteiger partial charge on any atom is 0.319 e. The molecule has 2 N–H and O–H groups in total. The van der Waals surface area contributed by atoms with Crippen LogP contribution in [0.3, 0.4) is 0 Å². The lowest BCUT2D eigenvalue weighted by molar-refractivity contribution is 0.246. The van der Waals surface area contributed by atoms with Crippen LogP contribution in [0.2, 0.25) is 0 Å². The first-order valence-electron chi connectivity index (χ1n) is 8.68. The van der Waals surface area contributed by atoms with Gasteiger partial charge in [0.05, 0.1) is 12.0 Å². The highest BCUT2D eigenvalue weighted by Gasteiger charge is 2.18. The van der Waals surface area contributed by atoms with E-state index in [0.717, 1.165) is 0 Å². The minimum atomic E-state index is -0.429. The summed E-state index contributed by atoms with van der Waals surface area (Å²) >= 11 is 0. The zero-order valence-electron chi connectivity index (χ0n) is 15.4. The summed E-state index contributed by atoms with van der Waals surface area (Å²) in [6.07, 6.45) is 1.58. The predicted octanol–water partition coefficient (Wildman–Crippen LogP) is 4.25. The molecule has 1 atom stereocenters. The van der Waals surface area contributed by atoms with Crippen LogP contribution in [0.1, 0.15) is 50.3 Å². The molecule has 0 bridgehead atoms. The van der Waals surface area contributed by atoms with E-state index in [0.29, 0.717) is 29.0 Å². The lowest BCUT2D eigenvalue weighted by atomic mass is 10.2. The zero-order chi connectivity index (χ0) is 19.2. The molecule has 3 aromatic rings. The van der Waals surface area contributed by atoms with E-state index in [1.54, 1.807) is 31.4 Å². The average molecular weight is 370 g/mol. The van der Waals surface area contributed by atoms with Gasteiger partial charge in [0.15, 0.2) is 0 Å². The molecule has 3 rings (SSSR count). The smallest absolute Gasteiger partial charge is 0.319 e. The van der Waals surface area contributed by atoms with Crippen LogP contribution in [-0.4, -0.2) is 16.2 Å². The zero-order valence-corrected chi connectivity index (χ0v) is 15.4. The van der Waals surface area contributed by atoms with Gasteiger partial charge in [-0.2, -0.15) is 0 Å². The second-order valence-corrected chi connectivity index (χ2v) is 6.32. The van der Waals surface area contributed by atoms with E-state index < -0.39 is 12.1 Å². The Bertz CT molecular complexity index is 873. The Hall–Kier alpha value is -3.29. The van der Waals surface area contributed by atoms with Gasteiger partial charge in [0.2, 0.25) is 11.8 Å². The van der Waals surface area contributed by atoms with Crippen LogP contribution >= 0.6 is 0 Å². The number of amides is 2. The summed E-state index contributed by atoms with van der Waals surface area (Å²) in [5.74, 6) is 2.26. The van der Waals surface area contributed by atoms with Crippen LogP contribution in [0.4, 0.5) is 10.5 Å². The van der Waals surface area contributed by atoms with Crippen molar-refractivity contribution in [2.45, 2.75) is 39.3 Å². The van der Waals surface area contributed by atoms with Gasteiger partial charge >= 0.3 is 6.03 Å². The van der Waals surface area contributed by atoms with Gasteiger partial charge in [-0.3, -0.25) is 0 Å². The Morgan fingerprint density at radius 3 is 2.59 bits per heavy atom. The van der Waals surface area contributed by atoms with E-state index in [9.17, 15) is 4.79 Å². The Kier molecular flexibility index (Phi) is 5.75. The van der Waals surface area contributed by atoms with Gasteiger partial charge in [-0.1, -0.05) is 26.0 Å². The third kappa shape index (κ3) is 4.87. The first-order valence-corrected chi connectivity index (χ1v) is 8.68. The van der Waals surface area contributed by atoms with Crippen LogP contribution < -0.4 is 15.4 Å². The highest BCUT2D eigenvalue weighted by Crippen LogP contribution is 2.25. The highest BCUT2D eigenvalue weighted by molar-refractivity contribution is 5.91. The number of nitrogens with zero attached hydrogens (tertiary/aromatic N) is 2. The Labute approximate surface area is 156 Å². The Morgan fingerprint density at radius 2 is 1.89 bits per heavy atom. The van der Waals surface area contributed by atoms with Crippen molar-refractivity contribution < 1.29 is 18.4 Å². The third-order valence-corrected chi connectivity index (χ3v) is 3.75. The Morgan fingerprint density at radius 1 is 1.11 bits per heavy atom. The van der Waals surface area contributed by atoms with Crippen molar-refractivity contribution in [1.29, 1.82) is 0 Å². The number of para-hydroxylation sites is 2. The van der Waals surface area contributed by atoms with Gasteiger partial charge in [0.25, 0.3) is 0 Å². The summed E-state index contributed by atoms with van der Waals surface area (Å²) < 4.78 is 16.5. The van der Waals surface area contributed by atoms with Crippen LogP contribution in [0.5, 0.6) is 5.75 Å². The molecule has 0 fully saturated rings. The maximum atomic E-state index is 12.3. The monoisotopic (exact) mass is 370 g/mol. The molecular weight excluding hydrogens is 348 g/mol. The minimum Gasteiger partial charge on any atom is -0.483 e. The number of aromatic nitrogens is 2. The summed E-state index contributed by atoms with van der Waals surface area (Å²) in [5.41, 5.74) is 0.544. The largest absolute Gasteiger partial charge is 0.483 e. The lowest BCUT2D eigenvalue weighted by Crippen LogP contribution is -2.31. The van der Waals surface area contributed by atoms with Crippen molar-refractivity contribution in [2.75, 3.05) is 5.32 Å². The second kappa shape index (κ2) is 8.39. The van der Waals surface area contributed by atoms with Crippen molar-refractivity contribution in [3.63, 3.8) is 0 Å². The lowest BCUT2D eigenvalue weighted by Gasteiger charge is -2.14. The quantitative estimate of drug-likeness (QED) is 0.645. The van der Waals surface area contributed by atoms with E-state index >= 15 is 0 Å². The molecule has 0 saturated heterocycles. The fraction of sp³-hybridized carbons (Fsp3) is 0.316. The van der Waals surface area contributed by atoms with E-state index in [1.807, 2.05) is 32.0 Å². The average Bonchev–Trinajstić information content (AvgIpc) is 3.33. The maximum absolute atomic E-state index is 12.3. The molecule has 0 aliphatic rings. The summed E-state index contributed by atoms with van der Waals surface area (Å²) in [6, 6.07) is 9.95. The number of nitrogens with one attached hydrogen (secondary N) is 2. The fourth-order valence-corrected chi connectivity index (χ4v) is 2.31. The number of anilines is 1. The fourth-order valence-electron chi connectivity index (χ4n) is 2.31. The number of urea groups is 1. The number of rotatable bonds is 7. The molecule has 27 heavy (non-hydrogen) atoms. The molecule has 0 aliphatic heterocycles. The summed E-state index contributed by atoms with van der Waals surface area (Å²) in [5, 5.41) is 13.5. The highest BCUT2D eigenvalue weighted by atomic mass is 16.5. The molecule has 8 heteroatoms. The van der Waals surface area contributed by atoms with Gasteiger partial charge in [0, 0.05) is 5.92 Å². The number of carbonyl (C=O) groups excluding carboxylic acids is 1. The van der Waals surface area contributed by atoms with Gasteiger partial charge < -0.3 is 24.2 Å². The predicted molar refractivity (Wildman–Crippen MR) is 98.4 cm³/mol. The summed E-state index contributed by atoms with van der Waals surface area (Å²) in [6.45, 7) is 5.96. The SMILES string of the molecule is CC(C)c1nnc([C@H](C)NC(=O)Nc2ccccc2OCc2ccco2)o1. The number of ether oxygens (including phenoxy) is 1. The minimum absolute atomic E-state index is 0.130. The van der Waals surface area contributed by atoms with E-state index in [-0.39, 0.29) is 12.5 Å². The number of hydrogen-bond acceptors (Lipinski definition) is 6. The molecule has 0 spiro atoms. The molecule has 1 aromatic carbocycles. The molecule has 2 aromatic heterocycles. The van der Waals surface area contributed by atoms with Crippen LogP contribution in [0.25, 0.3) is 0 Å². The van der Waals surface area contributed by atoms with Crippen molar-refractivity contribution in [2.24, 2.45) is 0 Å². The third-order valence-electron chi connectivity index (χ3n) is 3.75. The van der Waals surface area contributed by atoms with Crippen LogP contribution in [0, 0.1) is 0 Å². The number of carbonyl (C=O) groups is 1. The van der Waals surface area contributed by atoms with Crippen molar-refractivity contribution in [3.05, 3.63) is 60.2 Å². The van der Waals surface area contributed by atoms with E-state index in [1.165, 1.54) is 0 Å². The molecule has 0 saturated carbocycles. The molecule has 2 heterocycles. The normalized spacial score (nSPS) is 12.0.